The van der Waals surface area contributed by atoms with Crippen LogP contribution in [0, 0.1) is 13.8 Å². The quantitative estimate of drug-likeness (QED) is 0.657. The van der Waals surface area contributed by atoms with Crippen LogP contribution < -0.4 is 5.32 Å². The number of aryl methyl sites for hydroxylation is 1. The summed E-state index contributed by atoms with van der Waals surface area (Å²) >= 11 is 0. The smallest absolute Gasteiger partial charge is 0.256 e. The van der Waals surface area contributed by atoms with Gasteiger partial charge in [0.05, 0.1) is 10.5 Å². The number of nitrogens with one attached hydrogen (secondary N) is 2. The number of aromatic amines is 1. The van der Waals surface area contributed by atoms with E-state index in [0.29, 0.717) is 10.5 Å². The molecule has 0 bridgehead atoms. The van der Waals surface area contributed by atoms with Gasteiger partial charge in [-0.15, -0.1) is 0 Å². The van der Waals surface area contributed by atoms with E-state index in [9.17, 15) is 9.00 Å². The molecule has 1 aromatic heterocycles. The Labute approximate surface area is 181 Å². The molecule has 0 aliphatic carbocycles. The number of benzene rings is 1. The number of hydrogen-bond acceptors (Lipinski definition) is 3. The summed E-state index contributed by atoms with van der Waals surface area (Å²) in [7, 11) is 6.45. The maximum Gasteiger partial charge on any atom is 0.256 e. The lowest BCUT2D eigenvalue weighted by molar-refractivity contribution is -0.110. The molecule has 8 heteroatoms. The van der Waals surface area contributed by atoms with Crippen molar-refractivity contribution >= 4 is 34.2 Å². The Bertz CT molecular complexity index is 993. The lowest BCUT2D eigenvalue weighted by Gasteiger charge is -2.10. The number of hydrogen-bond donors (Lipinski definition) is 2. The molecule has 164 valence electrons. The van der Waals surface area contributed by atoms with Gasteiger partial charge in [0.25, 0.3) is 5.91 Å². The van der Waals surface area contributed by atoms with Crippen molar-refractivity contribution in [2.75, 3.05) is 40.1 Å². The summed E-state index contributed by atoms with van der Waals surface area (Å²) in [5, 5.41) is 2.91. The first-order chi connectivity index (χ1) is 13.7. The maximum absolute atomic E-state index is 12.6. The van der Waals surface area contributed by atoms with Crippen molar-refractivity contribution in [3.63, 3.8) is 0 Å². The van der Waals surface area contributed by atoms with Crippen molar-refractivity contribution in [2.45, 2.75) is 31.6 Å². The van der Waals surface area contributed by atoms with Gasteiger partial charge in [0, 0.05) is 22.6 Å². The van der Waals surface area contributed by atoms with Gasteiger partial charge < -0.3 is 20.7 Å². The summed E-state index contributed by atoms with van der Waals surface area (Å²) in [6.07, 6.45) is 4.01. The largest absolute Gasteiger partial charge is 0.412 e. The molecule has 0 spiro atoms. The number of nitrogens with zero attached hydrogens (tertiary/aromatic N) is 2. The van der Waals surface area contributed by atoms with Gasteiger partial charge >= 0.3 is 0 Å². The van der Waals surface area contributed by atoms with Crippen LogP contribution in [0.15, 0.2) is 23.1 Å². The summed E-state index contributed by atoms with van der Waals surface area (Å²) in [5.74, 6) is -0.131. The predicted octanol–water partition coefficient (Wildman–Crippen LogP) is 2.38. The zero-order valence-corrected chi connectivity index (χ0v) is 19.4. The fourth-order valence-corrected chi connectivity index (χ4v) is 4.51. The van der Waals surface area contributed by atoms with E-state index in [2.05, 4.69) is 43.1 Å². The Morgan fingerprint density at radius 3 is 2.47 bits per heavy atom. The van der Waals surface area contributed by atoms with Gasteiger partial charge in [-0.1, -0.05) is 0 Å². The van der Waals surface area contributed by atoms with Gasteiger partial charge in [-0.05, 0) is 96.8 Å². The molecule has 1 aromatic carbocycles. The van der Waals surface area contributed by atoms with E-state index in [1.165, 1.54) is 11.1 Å². The highest BCUT2D eigenvalue weighted by molar-refractivity contribution is 7.82. The lowest BCUT2D eigenvalue weighted by atomic mass is 10.0. The van der Waals surface area contributed by atoms with Crippen LogP contribution in [0.1, 0.15) is 34.5 Å². The Kier molecular flexibility index (Phi) is 7.76. The molecule has 1 atom stereocenters. The molecule has 0 saturated heterocycles. The van der Waals surface area contributed by atoms with Gasteiger partial charge in [0.15, 0.2) is 0 Å². The summed E-state index contributed by atoms with van der Waals surface area (Å²) in [6.45, 7) is 5.23. The van der Waals surface area contributed by atoms with Crippen molar-refractivity contribution in [1.82, 2.24) is 14.2 Å². The number of fused-ring (bicyclic) bond motifs is 1. The van der Waals surface area contributed by atoms with Crippen molar-refractivity contribution in [3.05, 3.63) is 46.3 Å². The third-order valence-corrected chi connectivity index (χ3v) is 6.58. The minimum Gasteiger partial charge on any atom is -0.412 e. The number of carbonyl (C=O) groups excluding carboxylic acids is 1. The molecule has 1 unspecified atom stereocenters. The van der Waals surface area contributed by atoms with Crippen LogP contribution in [-0.2, 0) is 22.2 Å². The van der Waals surface area contributed by atoms with Crippen LogP contribution in [0.5, 0.6) is 0 Å². The predicted molar refractivity (Wildman–Crippen MR) is 124 cm³/mol. The molecule has 3 rings (SSSR count). The first-order valence-corrected chi connectivity index (χ1v) is 10.9. The summed E-state index contributed by atoms with van der Waals surface area (Å²) in [5.41, 5.74) is 6.76. The molecule has 1 aliphatic heterocycles. The third kappa shape index (κ3) is 4.89. The van der Waals surface area contributed by atoms with E-state index >= 15 is 0 Å². The number of rotatable bonds is 7. The molecule has 0 fully saturated rings. The van der Waals surface area contributed by atoms with Crippen LogP contribution in [0.4, 0.5) is 5.69 Å². The van der Waals surface area contributed by atoms with E-state index in [1.54, 1.807) is 24.5 Å². The van der Waals surface area contributed by atoms with Gasteiger partial charge in [-0.3, -0.25) is 4.79 Å². The number of H-pyrrole nitrogens is 1. The maximum atomic E-state index is 12.6. The average Bonchev–Trinajstić information content (AvgIpc) is 3.11. The fourth-order valence-electron chi connectivity index (χ4n) is 3.68. The second-order valence-corrected chi connectivity index (χ2v) is 9.66. The standard InChI is InChI=1S/C22H30N4O2S.H2O/c1-14-17(8-7-11-25(3)4)15(2)23-21(14)13-19-18-12-16(29(28)26(5)6)9-10-20(18)24-22(19)27;/h9-10,12-13,23H,7-8,11H2,1-6H3,(H,24,27);1H2/b19-13-;. The number of aromatic nitrogens is 1. The molecule has 4 N–H and O–H groups in total. The zero-order valence-electron chi connectivity index (χ0n) is 18.5. The summed E-state index contributed by atoms with van der Waals surface area (Å²) < 4.78 is 14.1. The van der Waals surface area contributed by atoms with Crippen LogP contribution in [0.25, 0.3) is 11.6 Å². The molecule has 1 amide bonds. The van der Waals surface area contributed by atoms with Gasteiger partial charge in [0.2, 0.25) is 0 Å². The normalized spacial score (nSPS) is 15.5. The highest BCUT2D eigenvalue weighted by Crippen LogP contribution is 2.35. The van der Waals surface area contributed by atoms with Crippen LogP contribution in [0.2, 0.25) is 0 Å². The second kappa shape index (κ2) is 9.70. The lowest BCUT2D eigenvalue weighted by Crippen LogP contribution is -2.15. The van der Waals surface area contributed by atoms with Crippen LogP contribution >= 0.6 is 0 Å². The zero-order chi connectivity index (χ0) is 21.3. The number of amides is 1. The Morgan fingerprint density at radius 2 is 1.83 bits per heavy atom. The second-order valence-electron chi connectivity index (χ2n) is 7.96. The molecule has 0 saturated carbocycles. The number of carbonyl (C=O) groups is 1. The molecule has 2 heterocycles. The first-order valence-electron chi connectivity index (χ1n) is 9.78. The van der Waals surface area contributed by atoms with E-state index < -0.39 is 11.0 Å². The van der Waals surface area contributed by atoms with E-state index in [4.69, 9.17) is 0 Å². The first kappa shape index (κ1) is 24.0. The topological polar surface area (TPSA) is 99.9 Å². The molecular formula is C22H32N4O3S. The molecule has 0 radical (unpaired) electrons. The van der Waals surface area contributed by atoms with Crippen molar-refractivity contribution < 1.29 is 14.5 Å². The van der Waals surface area contributed by atoms with E-state index in [0.717, 1.165) is 42.0 Å². The third-order valence-electron chi connectivity index (χ3n) is 5.26. The highest BCUT2D eigenvalue weighted by atomic mass is 32.2. The van der Waals surface area contributed by atoms with Gasteiger partial charge in [-0.25, -0.2) is 8.51 Å². The van der Waals surface area contributed by atoms with Crippen molar-refractivity contribution in [3.8, 4) is 0 Å². The van der Waals surface area contributed by atoms with Crippen LogP contribution in [-0.4, -0.2) is 64.5 Å². The van der Waals surface area contributed by atoms with Crippen molar-refractivity contribution in [1.29, 1.82) is 0 Å². The monoisotopic (exact) mass is 432 g/mol. The SMILES string of the molecule is Cc1[nH]c(/C=C2\C(=O)Nc3ccc(S(=O)N(C)C)cc32)c(C)c1CCCN(C)C.O. The number of anilines is 1. The highest BCUT2D eigenvalue weighted by Gasteiger charge is 2.26. The Morgan fingerprint density at radius 1 is 1.13 bits per heavy atom. The van der Waals surface area contributed by atoms with Gasteiger partial charge in [-0.2, -0.15) is 0 Å². The summed E-state index contributed by atoms with van der Waals surface area (Å²) in [4.78, 5) is 18.9. The molecular weight excluding hydrogens is 400 g/mol. The Hall–Kier alpha value is -2.26. The summed E-state index contributed by atoms with van der Waals surface area (Å²) in [6, 6.07) is 5.47. The Balaban J connectivity index is 0.00000320. The molecule has 30 heavy (non-hydrogen) atoms. The minimum atomic E-state index is -1.26. The average molecular weight is 433 g/mol. The van der Waals surface area contributed by atoms with E-state index in [1.807, 2.05) is 18.2 Å². The van der Waals surface area contributed by atoms with Crippen molar-refractivity contribution in [2.24, 2.45) is 0 Å². The molecule has 7 nitrogen and oxygen atoms in total. The van der Waals surface area contributed by atoms with Gasteiger partial charge in [0.1, 0.15) is 11.0 Å². The minimum absolute atomic E-state index is 0. The van der Waals surface area contributed by atoms with E-state index in [-0.39, 0.29) is 11.4 Å². The van der Waals surface area contributed by atoms with Crippen LogP contribution in [0.3, 0.4) is 0 Å². The molecule has 2 aromatic rings. The molecule has 1 aliphatic rings. The fraction of sp³-hybridized carbons (Fsp3) is 0.409.